The molecule has 4 saturated heterocycles. The van der Waals surface area contributed by atoms with Gasteiger partial charge in [0.2, 0.25) is 5.78 Å². The third-order valence-electron chi connectivity index (χ3n) is 17.5. The number of amides is 7. The largest absolute Gasteiger partial charge is 0.534 e. The zero-order valence-electron chi connectivity index (χ0n) is 50.0. The van der Waals surface area contributed by atoms with Crippen LogP contribution in [0.3, 0.4) is 0 Å². The molecule has 4 aliphatic heterocycles. The minimum absolute atomic E-state index is 0.00557. The van der Waals surface area contributed by atoms with Gasteiger partial charge >= 0.3 is 24.2 Å². The van der Waals surface area contributed by atoms with Crippen LogP contribution in [0.4, 0.5) is 9.59 Å². The number of imide groups is 3. The van der Waals surface area contributed by atoms with Crippen LogP contribution in [0, 0.1) is 10.8 Å². The first-order valence-corrected chi connectivity index (χ1v) is 29.5. The molecule has 4 fully saturated rings. The minimum atomic E-state index is -2.39. The fraction of sp³-hybridized carbons (Fsp3) is 0.525. The highest BCUT2D eigenvalue weighted by atomic mass is 16.8. The van der Waals surface area contributed by atoms with E-state index in [1.54, 1.807) is 38.2 Å². The molecule has 1 unspecified atom stereocenters. The third kappa shape index (κ3) is 13.7. The number of methoxy groups -OCH3 is 1. The average Bonchev–Trinajstić information content (AvgIpc) is 1.17. The minimum Gasteiger partial charge on any atom is -0.507 e. The summed E-state index contributed by atoms with van der Waals surface area (Å²) in [5.74, 6) is -9.32. The number of aromatic hydroxyl groups is 2. The number of hydrogen-bond donors (Lipinski definition) is 6. The van der Waals surface area contributed by atoms with E-state index in [2.05, 4.69) is 10.2 Å². The molecule has 6 N–H and O–H groups in total. The Kier molecular flexibility index (Phi) is 19.6. The molecule has 488 valence electrons. The molecular weight excluding hydrogens is 1200 g/mol. The molecule has 0 bridgehead atoms. The van der Waals surface area contributed by atoms with E-state index in [0.29, 0.717) is 40.9 Å². The summed E-state index contributed by atoms with van der Waals surface area (Å²) in [6.45, 7) is 3.65. The highest BCUT2D eigenvalue weighted by molar-refractivity contribution is 6.31. The van der Waals surface area contributed by atoms with Gasteiger partial charge in [0.05, 0.1) is 52.9 Å². The molecule has 2 aromatic carbocycles. The molecule has 0 aromatic heterocycles. The van der Waals surface area contributed by atoms with Gasteiger partial charge in [-0.2, -0.15) is 0 Å². The Hall–Kier alpha value is -8.97. The number of aliphatic hydroxyl groups excluding tert-OH is 2. The number of rotatable bonds is 13. The highest BCUT2D eigenvalue weighted by Gasteiger charge is 2.51. The predicted octanol–water partition coefficient (Wildman–Crippen LogP) is 3.20. The number of allylic oxidation sites excluding steroid dienone is 2. The predicted molar refractivity (Wildman–Crippen MR) is 299 cm³/mol. The van der Waals surface area contributed by atoms with Crippen molar-refractivity contribution >= 4 is 77.0 Å². The van der Waals surface area contributed by atoms with E-state index in [4.69, 9.17) is 33.4 Å². The normalized spacial score (nSPS) is 29.6. The maximum Gasteiger partial charge on any atom is 0.534 e. The fourth-order valence-electron chi connectivity index (χ4n) is 12.0. The van der Waals surface area contributed by atoms with Gasteiger partial charge in [0.1, 0.15) is 47.8 Å². The summed E-state index contributed by atoms with van der Waals surface area (Å²) in [6, 6.07) is 3.17. The average molecular weight is 1270 g/mol. The first-order valence-electron chi connectivity index (χ1n) is 29.5. The molecule has 8 aliphatic rings. The molecule has 2 aromatic rings. The molecule has 10 atom stereocenters. The number of hydroxylamine groups is 6. The van der Waals surface area contributed by atoms with Gasteiger partial charge in [-0.15, -0.1) is 10.1 Å². The first-order chi connectivity index (χ1) is 43.1. The molecule has 4 heterocycles. The standard InChI is InChI=1S/C42H46N2O17.C19H22N2O9/c1-19-34(49)23(43-40(55)59-20-7-4-5-13-41(2,14-12-20)39(54)61-44-27(47)10-11-28(44)48)15-29(58-19)60-25-17-42(56,26(46)18-45)16-22-31(25)38(53)33-32(36(22)51)35(50)21-8-6-9-24(57-3)30(21)37(33)52;1-19(17(26)29-20-13(22)5-6-14(20)23)10-3-2-4-12(9-11-19)28-18(27)30-21-15(24)7-8-16(21)25/h4,6-9,19-20,23,25,29,34,45,49,51,53,56H,5,10-18H2,1-3H3,(H,43,55);2,4,12H,3,5-11H2,1H3/b7-4+;4-2+/t19-,20-,23-,25?,29-,34+,41+,42-;12-,19+/m00/s1. The van der Waals surface area contributed by atoms with E-state index < -0.39 is 178 Å². The zero-order chi connectivity index (χ0) is 66.0. The van der Waals surface area contributed by atoms with Crippen LogP contribution in [0.1, 0.15) is 173 Å². The van der Waals surface area contributed by atoms with Gasteiger partial charge < -0.3 is 64.2 Å². The number of ether oxygens (including phenoxy) is 5. The molecule has 30 heteroatoms. The van der Waals surface area contributed by atoms with Crippen molar-refractivity contribution < 1.29 is 126 Å². The molecule has 0 radical (unpaired) electrons. The smallest absolute Gasteiger partial charge is 0.507 e. The molecule has 10 rings (SSSR count). The van der Waals surface area contributed by atoms with Crippen molar-refractivity contribution in [3.05, 3.63) is 75.9 Å². The summed E-state index contributed by atoms with van der Waals surface area (Å²) in [7, 11) is 1.29. The molecule has 91 heavy (non-hydrogen) atoms. The van der Waals surface area contributed by atoms with E-state index in [1.807, 2.05) is 0 Å². The van der Waals surface area contributed by atoms with E-state index in [9.17, 15) is 87.9 Å². The van der Waals surface area contributed by atoms with Crippen molar-refractivity contribution in [1.82, 2.24) is 20.5 Å². The summed E-state index contributed by atoms with van der Waals surface area (Å²) < 4.78 is 28.3. The number of benzene rings is 2. The Labute approximate surface area is 518 Å². The van der Waals surface area contributed by atoms with Crippen molar-refractivity contribution in [1.29, 1.82) is 0 Å². The first kappa shape index (κ1) is 66.4. The van der Waals surface area contributed by atoms with Gasteiger partial charge in [-0.25, -0.2) is 19.2 Å². The number of aliphatic hydroxyl groups is 3. The summed E-state index contributed by atoms with van der Waals surface area (Å²) in [5, 5.41) is 59.9. The molecular formula is C61H68N4O26. The van der Waals surface area contributed by atoms with Crippen molar-refractivity contribution in [3.63, 3.8) is 0 Å². The number of carbonyl (C=O) groups is 13. The summed E-state index contributed by atoms with van der Waals surface area (Å²) >= 11 is 0. The van der Waals surface area contributed by atoms with Gasteiger partial charge in [-0.3, -0.25) is 48.0 Å². The van der Waals surface area contributed by atoms with Crippen LogP contribution in [0.2, 0.25) is 0 Å². The molecule has 7 amide bonds. The monoisotopic (exact) mass is 1270 g/mol. The number of Topliss-reactive ketones (excluding diaryl/α,β-unsaturated/α-hetero) is 1. The lowest BCUT2D eigenvalue weighted by molar-refractivity contribution is -0.249. The van der Waals surface area contributed by atoms with Gasteiger partial charge in [-0.1, -0.05) is 29.3 Å². The fourth-order valence-corrected chi connectivity index (χ4v) is 12.0. The van der Waals surface area contributed by atoms with Crippen molar-refractivity contribution in [2.24, 2.45) is 10.8 Å². The Balaban J connectivity index is 0.000000273. The Morgan fingerprint density at radius 3 is 1.70 bits per heavy atom. The summed E-state index contributed by atoms with van der Waals surface area (Å²) in [4.78, 5) is 177. The van der Waals surface area contributed by atoms with Crippen LogP contribution in [0.15, 0.2) is 42.5 Å². The maximum atomic E-state index is 14.0. The van der Waals surface area contributed by atoms with Gasteiger partial charge in [-0.05, 0) is 90.4 Å². The number of phenols is 2. The lowest BCUT2D eigenvalue weighted by Crippen LogP contribution is -2.56. The number of hydrogen-bond acceptors (Lipinski definition) is 26. The number of phenolic OH excluding ortho intramolecular Hbond substituents is 2. The van der Waals surface area contributed by atoms with Gasteiger partial charge in [0.25, 0.3) is 35.4 Å². The van der Waals surface area contributed by atoms with Gasteiger partial charge in [0, 0.05) is 74.5 Å². The lowest BCUT2D eigenvalue weighted by atomic mass is 9.72. The number of nitrogens with zero attached hydrogens (tertiary/aromatic N) is 3. The molecule has 30 nitrogen and oxygen atoms in total. The van der Waals surface area contributed by atoms with E-state index in [0.717, 1.165) is 0 Å². The Bertz CT molecular complexity index is 3400. The van der Waals surface area contributed by atoms with Crippen LogP contribution in [0.25, 0.3) is 0 Å². The van der Waals surface area contributed by atoms with Crippen LogP contribution in [-0.4, -0.2) is 174 Å². The number of ketones is 3. The van der Waals surface area contributed by atoms with E-state index >= 15 is 0 Å². The van der Waals surface area contributed by atoms with Crippen molar-refractivity contribution in [2.45, 2.75) is 178 Å². The number of nitrogens with one attached hydrogen (secondary N) is 1. The molecule has 0 spiro atoms. The Morgan fingerprint density at radius 1 is 0.681 bits per heavy atom. The third-order valence-corrected chi connectivity index (χ3v) is 17.5. The molecule has 4 aliphatic carbocycles. The number of fused-ring (bicyclic) bond motifs is 3. The summed E-state index contributed by atoms with van der Waals surface area (Å²) in [6.07, 6.45) is -1.58. The van der Waals surface area contributed by atoms with Gasteiger partial charge in [0.15, 0.2) is 17.9 Å². The lowest BCUT2D eigenvalue weighted by Gasteiger charge is -2.42. The molecule has 0 saturated carbocycles. The number of carbonyl (C=O) groups excluding carboxylic acids is 13. The van der Waals surface area contributed by atoms with Crippen LogP contribution in [-0.2, 0) is 83.0 Å². The second-order valence-corrected chi connectivity index (χ2v) is 23.8. The summed E-state index contributed by atoms with van der Waals surface area (Å²) in [5.41, 5.74) is -6.45. The van der Waals surface area contributed by atoms with E-state index in [-0.39, 0.29) is 98.6 Å². The maximum absolute atomic E-state index is 14.0. The van der Waals surface area contributed by atoms with Crippen LogP contribution < -0.4 is 10.1 Å². The van der Waals surface area contributed by atoms with Crippen LogP contribution in [0.5, 0.6) is 17.2 Å². The van der Waals surface area contributed by atoms with Crippen LogP contribution >= 0.6 is 0 Å². The van der Waals surface area contributed by atoms with Crippen molar-refractivity contribution in [2.75, 3.05) is 13.7 Å². The van der Waals surface area contributed by atoms with E-state index in [1.165, 1.54) is 32.2 Å². The SMILES string of the molecule is COc1cccc2c1C(=O)c1c(O)c3c(c(O)c1C2=O)C[C@@](O)(C(=O)CO)CC3O[C@H]1C[C@H](NC(=O)O[C@H]2/C=C/CC[C@@](C)(C(=O)ON3C(=O)CCC3=O)CC2)[C@H](O)[C@H](C)O1.C[C@@]1(C(=O)ON2C(=O)CCC2=O)CC/C=C/[C@H](OC(=O)ON2C(=O)CCC2=O)CC1. The quantitative estimate of drug-likeness (QED) is 0.0619. The second-order valence-electron chi connectivity index (χ2n) is 23.8. The zero-order valence-corrected chi connectivity index (χ0v) is 50.0. The Morgan fingerprint density at radius 2 is 1.19 bits per heavy atom. The van der Waals surface area contributed by atoms with Crippen molar-refractivity contribution in [3.8, 4) is 17.2 Å². The topological polar surface area (TPSA) is 419 Å². The highest BCUT2D eigenvalue weighted by Crippen LogP contribution is 2.53. The second kappa shape index (κ2) is 26.8. The number of alkyl carbamates (subject to hydrolysis) is 1.